The van der Waals surface area contributed by atoms with Gasteiger partial charge in [0.15, 0.2) is 0 Å². The van der Waals surface area contributed by atoms with Crippen molar-refractivity contribution in [3.05, 3.63) is 30.2 Å². The summed E-state index contributed by atoms with van der Waals surface area (Å²) in [7, 11) is 1.57. The van der Waals surface area contributed by atoms with Crippen molar-refractivity contribution >= 4 is 17.4 Å². The van der Waals surface area contributed by atoms with Crippen LogP contribution in [0.15, 0.2) is 29.1 Å². The standard InChI is InChI=1S/C13H13NO3/c1-14-12(15)10-3-2-8(6-11(10)13(14)16)9-4-5-17-7-9/h2,4-5,7,10-11H,3,6H2,1H3/t10-,11+/m1/s1. The Morgan fingerprint density at radius 2 is 2.06 bits per heavy atom. The van der Waals surface area contributed by atoms with E-state index in [1.165, 1.54) is 4.90 Å². The summed E-state index contributed by atoms with van der Waals surface area (Å²) in [4.78, 5) is 25.0. The van der Waals surface area contributed by atoms with Crippen molar-refractivity contribution in [3.63, 3.8) is 0 Å². The predicted octanol–water partition coefficient (Wildman–Crippen LogP) is 1.69. The van der Waals surface area contributed by atoms with E-state index in [4.69, 9.17) is 4.42 Å². The van der Waals surface area contributed by atoms with Gasteiger partial charge in [-0.05, 0) is 24.5 Å². The minimum atomic E-state index is -0.178. The molecule has 4 nitrogen and oxygen atoms in total. The lowest BCUT2D eigenvalue weighted by molar-refractivity contribution is -0.138. The van der Waals surface area contributed by atoms with E-state index in [1.54, 1.807) is 19.6 Å². The first-order valence-corrected chi connectivity index (χ1v) is 5.71. The summed E-state index contributed by atoms with van der Waals surface area (Å²) in [6.07, 6.45) is 6.64. The lowest BCUT2D eigenvalue weighted by atomic mass is 9.80. The van der Waals surface area contributed by atoms with Crippen molar-refractivity contribution in [2.75, 3.05) is 7.05 Å². The average Bonchev–Trinajstić information content (AvgIpc) is 2.94. The number of rotatable bonds is 1. The molecule has 2 heterocycles. The number of hydrogen-bond acceptors (Lipinski definition) is 3. The molecule has 88 valence electrons. The van der Waals surface area contributed by atoms with E-state index < -0.39 is 0 Å². The molecule has 1 fully saturated rings. The fraction of sp³-hybridized carbons (Fsp3) is 0.385. The van der Waals surface area contributed by atoms with Crippen LogP contribution < -0.4 is 0 Å². The molecule has 0 aromatic carbocycles. The van der Waals surface area contributed by atoms with Crippen LogP contribution in [0.25, 0.3) is 5.57 Å². The molecule has 3 rings (SSSR count). The minimum absolute atomic E-state index is 0.0394. The molecular weight excluding hydrogens is 218 g/mol. The first-order chi connectivity index (χ1) is 8.18. The summed E-state index contributed by atoms with van der Waals surface area (Å²) >= 11 is 0. The van der Waals surface area contributed by atoms with Crippen LogP contribution in [0.5, 0.6) is 0 Å². The third-order valence-corrected chi connectivity index (χ3v) is 3.73. The molecule has 0 N–H and O–H groups in total. The maximum atomic E-state index is 11.9. The van der Waals surface area contributed by atoms with E-state index in [2.05, 4.69) is 6.08 Å². The van der Waals surface area contributed by atoms with Crippen LogP contribution in [0.3, 0.4) is 0 Å². The van der Waals surface area contributed by atoms with Crippen LogP contribution in [0.4, 0.5) is 0 Å². The second kappa shape index (κ2) is 3.58. The highest BCUT2D eigenvalue weighted by Gasteiger charge is 2.46. The fourth-order valence-corrected chi connectivity index (χ4v) is 2.72. The van der Waals surface area contributed by atoms with E-state index in [1.807, 2.05) is 6.07 Å². The molecule has 2 atom stereocenters. The topological polar surface area (TPSA) is 50.5 Å². The molecule has 4 heteroatoms. The summed E-state index contributed by atoms with van der Waals surface area (Å²) in [5.74, 6) is -0.415. The lowest BCUT2D eigenvalue weighted by Gasteiger charge is -2.20. The van der Waals surface area contributed by atoms with Gasteiger partial charge in [-0.1, -0.05) is 6.08 Å². The molecule has 1 aliphatic heterocycles. The Labute approximate surface area is 98.9 Å². The number of imide groups is 1. The number of hydrogen-bond donors (Lipinski definition) is 0. The predicted molar refractivity (Wildman–Crippen MR) is 60.7 cm³/mol. The van der Waals surface area contributed by atoms with Crippen molar-refractivity contribution in [3.8, 4) is 0 Å². The second-order valence-electron chi connectivity index (χ2n) is 4.63. The Bertz CT molecular complexity index is 501. The Morgan fingerprint density at radius 1 is 1.29 bits per heavy atom. The molecule has 17 heavy (non-hydrogen) atoms. The summed E-state index contributed by atoms with van der Waals surface area (Å²) in [5, 5.41) is 0. The molecule has 1 aromatic rings. The van der Waals surface area contributed by atoms with Crippen LogP contribution in [-0.4, -0.2) is 23.8 Å². The third kappa shape index (κ3) is 1.44. The Balaban J connectivity index is 1.90. The molecule has 0 spiro atoms. The van der Waals surface area contributed by atoms with Crippen LogP contribution in [-0.2, 0) is 9.59 Å². The number of likely N-dealkylation sites (tertiary alicyclic amines) is 1. The number of nitrogens with zero attached hydrogens (tertiary/aromatic N) is 1. The third-order valence-electron chi connectivity index (χ3n) is 3.73. The quantitative estimate of drug-likeness (QED) is 0.691. The zero-order valence-corrected chi connectivity index (χ0v) is 9.55. The largest absolute Gasteiger partial charge is 0.472 e. The van der Waals surface area contributed by atoms with Crippen LogP contribution >= 0.6 is 0 Å². The van der Waals surface area contributed by atoms with E-state index in [9.17, 15) is 9.59 Å². The highest BCUT2D eigenvalue weighted by atomic mass is 16.3. The average molecular weight is 231 g/mol. The van der Waals surface area contributed by atoms with Crippen molar-refractivity contribution in [2.45, 2.75) is 12.8 Å². The number of amides is 2. The summed E-state index contributed by atoms with van der Waals surface area (Å²) in [5.41, 5.74) is 2.12. The lowest BCUT2D eigenvalue weighted by Crippen LogP contribution is -2.26. The number of fused-ring (bicyclic) bond motifs is 1. The highest BCUT2D eigenvalue weighted by Crippen LogP contribution is 2.40. The zero-order valence-electron chi connectivity index (χ0n) is 9.55. The normalized spacial score (nSPS) is 28.3. The van der Waals surface area contributed by atoms with Gasteiger partial charge in [-0.2, -0.15) is 0 Å². The van der Waals surface area contributed by atoms with Crippen LogP contribution in [0.1, 0.15) is 18.4 Å². The van der Waals surface area contributed by atoms with E-state index in [-0.39, 0.29) is 23.7 Å². The van der Waals surface area contributed by atoms with Gasteiger partial charge < -0.3 is 4.42 Å². The van der Waals surface area contributed by atoms with Gasteiger partial charge >= 0.3 is 0 Å². The van der Waals surface area contributed by atoms with E-state index in [0.29, 0.717) is 12.8 Å². The van der Waals surface area contributed by atoms with Gasteiger partial charge in [-0.3, -0.25) is 14.5 Å². The Hall–Kier alpha value is -1.84. The Kier molecular flexibility index (Phi) is 2.18. The van der Waals surface area contributed by atoms with Crippen LogP contribution in [0.2, 0.25) is 0 Å². The molecule has 0 bridgehead atoms. The first kappa shape index (κ1) is 10.3. The highest BCUT2D eigenvalue weighted by molar-refractivity contribution is 6.06. The zero-order chi connectivity index (χ0) is 12.0. The maximum absolute atomic E-state index is 11.9. The van der Waals surface area contributed by atoms with E-state index in [0.717, 1.165) is 11.1 Å². The number of furan rings is 1. The molecule has 0 saturated carbocycles. The fourth-order valence-electron chi connectivity index (χ4n) is 2.72. The van der Waals surface area contributed by atoms with Gasteiger partial charge in [-0.15, -0.1) is 0 Å². The van der Waals surface area contributed by atoms with Gasteiger partial charge in [0, 0.05) is 12.6 Å². The minimum Gasteiger partial charge on any atom is -0.472 e. The van der Waals surface area contributed by atoms with Crippen molar-refractivity contribution in [1.29, 1.82) is 0 Å². The van der Waals surface area contributed by atoms with Crippen molar-refractivity contribution in [1.82, 2.24) is 4.90 Å². The van der Waals surface area contributed by atoms with Gasteiger partial charge in [-0.25, -0.2) is 0 Å². The molecule has 2 amide bonds. The smallest absolute Gasteiger partial charge is 0.233 e. The van der Waals surface area contributed by atoms with Crippen molar-refractivity contribution in [2.24, 2.45) is 11.8 Å². The van der Waals surface area contributed by atoms with Gasteiger partial charge in [0.2, 0.25) is 11.8 Å². The van der Waals surface area contributed by atoms with Gasteiger partial charge in [0.05, 0.1) is 24.4 Å². The molecule has 1 aliphatic carbocycles. The number of carbonyl (C=O) groups is 2. The Morgan fingerprint density at radius 3 is 2.76 bits per heavy atom. The summed E-state index contributed by atoms with van der Waals surface area (Å²) < 4.78 is 5.05. The maximum Gasteiger partial charge on any atom is 0.233 e. The summed E-state index contributed by atoms with van der Waals surface area (Å²) in [6.45, 7) is 0. The van der Waals surface area contributed by atoms with Gasteiger partial charge in [0.1, 0.15) is 0 Å². The molecular formula is C13H13NO3. The van der Waals surface area contributed by atoms with E-state index >= 15 is 0 Å². The first-order valence-electron chi connectivity index (χ1n) is 5.71. The van der Waals surface area contributed by atoms with Crippen LogP contribution in [0, 0.1) is 11.8 Å². The molecule has 2 aliphatic rings. The SMILES string of the molecule is CN1C(=O)[C@H]2CC(c3ccoc3)=CC[C@H]2C1=O. The molecule has 0 radical (unpaired) electrons. The summed E-state index contributed by atoms with van der Waals surface area (Å²) in [6, 6.07) is 1.89. The van der Waals surface area contributed by atoms with Crippen molar-refractivity contribution < 1.29 is 14.0 Å². The number of allylic oxidation sites excluding steroid dienone is 2. The number of carbonyl (C=O) groups excluding carboxylic acids is 2. The molecule has 1 aromatic heterocycles. The molecule has 1 saturated heterocycles. The van der Waals surface area contributed by atoms with Gasteiger partial charge in [0.25, 0.3) is 0 Å². The molecule has 0 unspecified atom stereocenters. The second-order valence-corrected chi connectivity index (χ2v) is 4.63. The monoisotopic (exact) mass is 231 g/mol.